The molecule has 0 saturated heterocycles. The summed E-state index contributed by atoms with van der Waals surface area (Å²) in [6.45, 7) is 13.9. The van der Waals surface area contributed by atoms with Crippen molar-refractivity contribution in [1.29, 1.82) is 0 Å². The molecule has 0 fully saturated rings. The number of hydrogen-bond donors (Lipinski definition) is 5. The van der Waals surface area contributed by atoms with E-state index in [1.807, 2.05) is 63.2 Å². The lowest BCUT2D eigenvalue weighted by Crippen LogP contribution is -2.12. The van der Waals surface area contributed by atoms with Crippen LogP contribution in [0.25, 0.3) is 0 Å². The Balaban J connectivity index is 1.91. The van der Waals surface area contributed by atoms with Crippen LogP contribution in [-0.4, -0.2) is 25.5 Å². The Bertz CT molecular complexity index is 1530. The topological polar surface area (TPSA) is 101 Å². The molecule has 0 aromatic heterocycles. The fourth-order valence-electron chi connectivity index (χ4n) is 5.52. The SMILES string of the molecule is CC(O)c1ccc(O)c(C(C)c2cc(C(C)c3ccc(O)cc3)c(O)c(C(C)c3ccc(O)c(C(C)(C)C)c3)c2)c1. The van der Waals surface area contributed by atoms with E-state index in [0.29, 0.717) is 11.1 Å². The molecular weight excluding hydrogens is 512 g/mol. The first kappa shape index (κ1) is 30.0. The molecule has 0 radical (unpaired) electrons. The maximum Gasteiger partial charge on any atom is 0.123 e. The molecule has 0 heterocycles. The number of phenols is 4. The molecule has 0 bridgehead atoms. The molecule has 4 rings (SSSR count). The summed E-state index contributed by atoms with van der Waals surface area (Å²) in [5, 5.41) is 53.1. The third-order valence-corrected chi connectivity index (χ3v) is 8.35. The van der Waals surface area contributed by atoms with Gasteiger partial charge in [0.15, 0.2) is 0 Å². The first-order chi connectivity index (χ1) is 19.2. The fraction of sp³-hybridized carbons (Fsp3) is 0.333. The van der Waals surface area contributed by atoms with E-state index in [1.54, 1.807) is 37.3 Å². The Hall–Kier alpha value is -3.96. The first-order valence-electron chi connectivity index (χ1n) is 14.2. The fourth-order valence-corrected chi connectivity index (χ4v) is 5.52. The van der Waals surface area contributed by atoms with Crippen molar-refractivity contribution in [3.05, 3.63) is 117 Å². The lowest BCUT2D eigenvalue weighted by atomic mass is 9.79. The quantitative estimate of drug-likeness (QED) is 0.158. The van der Waals surface area contributed by atoms with Gasteiger partial charge in [0, 0.05) is 34.4 Å². The summed E-state index contributed by atoms with van der Waals surface area (Å²) in [6.07, 6.45) is -0.673. The lowest BCUT2D eigenvalue weighted by molar-refractivity contribution is 0.199. The van der Waals surface area contributed by atoms with Crippen molar-refractivity contribution < 1.29 is 25.5 Å². The van der Waals surface area contributed by atoms with Crippen molar-refractivity contribution >= 4 is 0 Å². The Morgan fingerprint density at radius 3 is 1.54 bits per heavy atom. The number of benzene rings is 4. The summed E-state index contributed by atoms with van der Waals surface area (Å²) in [4.78, 5) is 0. The summed E-state index contributed by atoms with van der Waals surface area (Å²) in [5.74, 6) is 0.138. The zero-order valence-electron chi connectivity index (χ0n) is 25.0. The molecule has 5 N–H and O–H groups in total. The monoisotopic (exact) mass is 554 g/mol. The molecule has 4 aromatic carbocycles. The van der Waals surface area contributed by atoms with Crippen LogP contribution in [0.4, 0.5) is 0 Å². The maximum absolute atomic E-state index is 11.8. The van der Waals surface area contributed by atoms with E-state index < -0.39 is 6.10 Å². The second-order valence-electron chi connectivity index (χ2n) is 12.3. The van der Waals surface area contributed by atoms with E-state index in [-0.39, 0.29) is 46.2 Å². The van der Waals surface area contributed by atoms with Crippen LogP contribution in [0.5, 0.6) is 23.0 Å². The summed E-state index contributed by atoms with van der Waals surface area (Å²) in [5.41, 5.74) is 6.29. The Labute approximate surface area is 243 Å². The van der Waals surface area contributed by atoms with Gasteiger partial charge in [-0.15, -0.1) is 0 Å². The largest absolute Gasteiger partial charge is 0.508 e. The average molecular weight is 555 g/mol. The smallest absolute Gasteiger partial charge is 0.123 e. The van der Waals surface area contributed by atoms with Crippen LogP contribution in [0.15, 0.2) is 72.8 Å². The van der Waals surface area contributed by atoms with Crippen LogP contribution in [0.2, 0.25) is 0 Å². The Morgan fingerprint density at radius 1 is 0.512 bits per heavy atom. The molecule has 216 valence electrons. The molecular formula is C36H42O5. The van der Waals surface area contributed by atoms with Gasteiger partial charge in [0.2, 0.25) is 0 Å². The Kier molecular flexibility index (Phi) is 8.41. The van der Waals surface area contributed by atoms with E-state index in [9.17, 15) is 25.5 Å². The molecule has 0 aliphatic heterocycles. The molecule has 0 aliphatic carbocycles. The minimum absolute atomic E-state index is 0.145. The predicted molar refractivity (Wildman–Crippen MR) is 164 cm³/mol. The van der Waals surface area contributed by atoms with Gasteiger partial charge in [0.25, 0.3) is 0 Å². The highest BCUT2D eigenvalue weighted by Gasteiger charge is 2.26. The van der Waals surface area contributed by atoms with Crippen LogP contribution >= 0.6 is 0 Å². The molecule has 41 heavy (non-hydrogen) atoms. The van der Waals surface area contributed by atoms with Crippen LogP contribution in [0, 0.1) is 0 Å². The zero-order chi connectivity index (χ0) is 30.2. The summed E-state index contributed by atoms with van der Waals surface area (Å²) < 4.78 is 0. The molecule has 0 saturated carbocycles. The number of hydrogen-bond acceptors (Lipinski definition) is 5. The second-order valence-corrected chi connectivity index (χ2v) is 12.3. The highest BCUT2D eigenvalue weighted by molar-refractivity contribution is 5.56. The minimum atomic E-state index is -0.673. The van der Waals surface area contributed by atoms with Crippen molar-refractivity contribution in [1.82, 2.24) is 0 Å². The molecule has 5 heteroatoms. The van der Waals surface area contributed by atoms with Gasteiger partial charge < -0.3 is 25.5 Å². The van der Waals surface area contributed by atoms with Gasteiger partial charge in [-0.1, -0.05) is 84.0 Å². The van der Waals surface area contributed by atoms with E-state index >= 15 is 0 Å². The van der Waals surface area contributed by atoms with Gasteiger partial charge >= 0.3 is 0 Å². The van der Waals surface area contributed by atoms with Gasteiger partial charge in [-0.3, -0.25) is 0 Å². The van der Waals surface area contributed by atoms with E-state index in [4.69, 9.17) is 0 Å². The third kappa shape index (κ3) is 6.20. The number of rotatable bonds is 7. The third-order valence-electron chi connectivity index (χ3n) is 8.35. The van der Waals surface area contributed by atoms with Gasteiger partial charge in [0.1, 0.15) is 23.0 Å². The highest BCUT2D eigenvalue weighted by atomic mass is 16.3. The van der Waals surface area contributed by atoms with Crippen LogP contribution in [-0.2, 0) is 5.41 Å². The second kappa shape index (κ2) is 11.5. The van der Waals surface area contributed by atoms with Crippen molar-refractivity contribution in [2.45, 2.75) is 77.7 Å². The lowest BCUT2D eigenvalue weighted by Gasteiger charge is -2.26. The molecule has 0 spiro atoms. The van der Waals surface area contributed by atoms with E-state index in [0.717, 1.165) is 33.4 Å². The van der Waals surface area contributed by atoms with Gasteiger partial charge in [-0.05, 0) is 70.5 Å². The standard InChI is InChI=1S/C36H42O5/c1-20(24-8-12-28(38)13-9-24)30-17-27(22(3)29-16-26(23(4)37)11-14-33(29)39)18-31(35(30)41)21(2)25-10-15-34(40)32(19-25)36(5,6)7/h8-23,37-41H,1-7H3. The summed E-state index contributed by atoms with van der Waals surface area (Å²) in [6, 6.07) is 21.8. The molecule has 4 aromatic rings. The van der Waals surface area contributed by atoms with Crippen LogP contribution in [0.3, 0.4) is 0 Å². The number of aliphatic hydroxyl groups is 1. The van der Waals surface area contributed by atoms with Crippen LogP contribution < -0.4 is 0 Å². The number of aromatic hydroxyl groups is 4. The first-order valence-corrected chi connectivity index (χ1v) is 14.2. The predicted octanol–water partition coefficient (Wildman–Crippen LogP) is 8.32. The molecule has 0 aliphatic rings. The Morgan fingerprint density at radius 2 is 0.976 bits per heavy atom. The van der Waals surface area contributed by atoms with Crippen molar-refractivity contribution in [2.75, 3.05) is 0 Å². The van der Waals surface area contributed by atoms with Gasteiger partial charge in [0.05, 0.1) is 6.10 Å². The van der Waals surface area contributed by atoms with E-state index in [1.165, 1.54) is 0 Å². The maximum atomic E-state index is 11.8. The number of phenolic OH excluding ortho intramolecular Hbond substituents is 4. The van der Waals surface area contributed by atoms with E-state index in [2.05, 4.69) is 20.8 Å². The molecule has 4 unspecified atom stereocenters. The van der Waals surface area contributed by atoms with Crippen molar-refractivity contribution in [2.24, 2.45) is 0 Å². The molecule has 4 atom stereocenters. The molecule has 0 amide bonds. The van der Waals surface area contributed by atoms with Crippen LogP contribution in [0.1, 0.15) is 117 Å². The summed E-state index contributed by atoms with van der Waals surface area (Å²) >= 11 is 0. The van der Waals surface area contributed by atoms with Gasteiger partial charge in [-0.25, -0.2) is 0 Å². The number of aliphatic hydroxyl groups excluding tert-OH is 1. The minimum Gasteiger partial charge on any atom is -0.508 e. The summed E-state index contributed by atoms with van der Waals surface area (Å²) in [7, 11) is 0. The molecule has 5 nitrogen and oxygen atoms in total. The van der Waals surface area contributed by atoms with Crippen molar-refractivity contribution in [3.63, 3.8) is 0 Å². The van der Waals surface area contributed by atoms with Crippen molar-refractivity contribution in [3.8, 4) is 23.0 Å². The normalized spacial score (nSPS) is 14.8. The zero-order valence-corrected chi connectivity index (χ0v) is 25.0. The van der Waals surface area contributed by atoms with Gasteiger partial charge in [-0.2, -0.15) is 0 Å². The average Bonchev–Trinajstić information content (AvgIpc) is 2.92. The highest BCUT2D eigenvalue weighted by Crippen LogP contribution is 2.44.